The van der Waals surface area contributed by atoms with Crippen LogP contribution >= 0.6 is 0 Å². The Bertz CT molecular complexity index is 320. The number of hydrogen-bond donors (Lipinski definition) is 2. The van der Waals surface area contributed by atoms with Crippen LogP contribution in [0, 0.1) is 5.41 Å². The molecule has 5 nitrogen and oxygen atoms in total. The molecule has 0 spiro atoms. The highest BCUT2D eigenvalue weighted by Crippen LogP contribution is 2.38. The van der Waals surface area contributed by atoms with Gasteiger partial charge in [0.15, 0.2) is 5.84 Å². The minimum Gasteiger partial charge on any atom is -0.409 e. The van der Waals surface area contributed by atoms with Crippen LogP contribution in [0.5, 0.6) is 0 Å². The van der Waals surface area contributed by atoms with Crippen LogP contribution in [0.4, 0.5) is 0 Å². The molecule has 0 aromatic heterocycles. The fraction of sp³-hybridized carbons (Fsp3) is 0.846. The van der Waals surface area contributed by atoms with Crippen LogP contribution in [-0.2, 0) is 4.79 Å². The molecule has 0 unspecified atom stereocenters. The van der Waals surface area contributed by atoms with Crippen molar-refractivity contribution in [3.05, 3.63) is 0 Å². The largest absolute Gasteiger partial charge is 0.409 e. The van der Waals surface area contributed by atoms with E-state index in [-0.39, 0.29) is 17.8 Å². The molecule has 1 aliphatic carbocycles. The van der Waals surface area contributed by atoms with Gasteiger partial charge in [0.2, 0.25) is 5.91 Å². The molecule has 0 aromatic rings. The Morgan fingerprint density at radius 3 is 2.33 bits per heavy atom. The van der Waals surface area contributed by atoms with Crippen molar-refractivity contribution in [2.45, 2.75) is 58.9 Å². The van der Waals surface area contributed by atoms with Gasteiger partial charge in [-0.05, 0) is 33.6 Å². The second kappa shape index (κ2) is 6.07. The molecule has 1 fully saturated rings. The van der Waals surface area contributed by atoms with Gasteiger partial charge in [0, 0.05) is 12.6 Å². The number of carbonyl (C=O) groups excluding carboxylic acids is 1. The van der Waals surface area contributed by atoms with E-state index in [1.54, 1.807) is 0 Å². The molecule has 0 atom stereocenters. The highest BCUT2D eigenvalue weighted by Gasteiger charge is 2.46. The highest BCUT2D eigenvalue weighted by molar-refractivity contribution is 6.06. The van der Waals surface area contributed by atoms with Gasteiger partial charge in [0.1, 0.15) is 5.41 Å². The van der Waals surface area contributed by atoms with Gasteiger partial charge in [-0.25, -0.2) is 0 Å². The summed E-state index contributed by atoms with van der Waals surface area (Å²) in [6, 6.07) is 0.132. The SMILES string of the molecule is CCN(C(=O)C1(C(N)=NO)CCCCC1)C(C)C. The van der Waals surface area contributed by atoms with Gasteiger partial charge >= 0.3 is 0 Å². The molecule has 0 radical (unpaired) electrons. The highest BCUT2D eigenvalue weighted by atomic mass is 16.4. The van der Waals surface area contributed by atoms with Gasteiger partial charge in [-0.3, -0.25) is 4.79 Å². The zero-order valence-corrected chi connectivity index (χ0v) is 11.6. The van der Waals surface area contributed by atoms with Crippen molar-refractivity contribution >= 4 is 11.7 Å². The lowest BCUT2D eigenvalue weighted by molar-refractivity contribution is -0.141. The standard InChI is InChI=1S/C13H25N3O2/c1-4-16(10(2)3)12(17)13(11(14)15-18)8-6-5-7-9-13/h10,18H,4-9H2,1-3H3,(H2,14,15). The average molecular weight is 255 g/mol. The smallest absolute Gasteiger partial charge is 0.236 e. The predicted molar refractivity (Wildman–Crippen MR) is 71.4 cm³/mol. The first kappa shape index (κ1) is 14.8. The van der Waals surface area contributed by atoms with Gasteiger partial charge < -0.3 is 15.8 Å². The molecule has 0 aromatic carbocycles. The quantitative estimate of drug-likeness (QED) is 0.349. The zero-order chi connectivity index (χ0) is 13.8. The molecular formula is C13H25N3O2. The van der Waals surface area contributed by atoms with Crippen LogP contribution < -0.4 is 5.73 Å². The van der Waals surface area contributed by atoms with E-state index in [9.17, 15) is 4.79 Å². The summed E-state index contributed by atoms with van der Waals surface area (Å²) in [6.45, 7) is 6.59. The first-order chi connectivity index (χ1) is 8.49. The molecular weight excluding hydrogens is 230 g/mol. The number of hydrogen-bond acceptors (Lipinski definition) is 3. The van der Waals surface area contributed by atoms with E-state index in [4.69, 9.17) is 10.9 Å². The molecule has 0 aliphatic heterocycles. The lowest BCUT2D eigenvalue weighted by Gasteiger charge is -2.40. The molecule has 3 N–H and O–H groups in total. The minimum atomic E-state index is -0.784. The number of amidine groups is 1. The van der Waals surface area contributed by atoms with Crippen molar-refractivity contribution in [2.24, 2.45) is 16.3 Å². The second-order valence-corrected chi connectivity index (χ2v) is 5.31. The van der Waals surface area contributed by atoms with Crippen LogP contribution in [0.1, 0.15) is 52.9 Å². The first-order valence-electron chi connectivity index (χ1n) is 6.78. The van der Waals surface area contributed by atoms with Gasteiger partial charge in [0.05, 0.1) is 0 Å². The van der Waals surface area contributed by atoms with Crippen molar-refractivity contribution in [3.8, 4) is 0 Å². The van der Waals surface area contributed by atoms with Crippen molar-refractivity contribution in [3.63, 3.8) is 0 Å². The van der Waals surface area contributed by atoms with E-state index in [0.29, 0.717) is 19.4 Å². The van der Waals surface area contributed by atoms with E-state index in [1.165, 1.54) is 0 Å². The van der Waals surface area contributed by atoms with E-state index in [0.717, 1.165) is 19.3 Å². The van der Waals surface area contributed by atoms with Gasteiger partial charge in [-0.15, -0.1) is 0 Å². The lowest BCUT2D eigenvalue weighted by atomic mass is 9.72. The summed E-state index contributed by atoms with van der Waals surface area (Å²) in [5, 5.41) is 12.1. The fourth-order valence-corrected chi connectivity index (χ4v) is 2.85. The van der Waals surface area contributed by atoms with Crippen LogP contribution in [0.25, 0.3) is 0 Å². The van der Waals surface area contributed by atoms with Crippen LogP contribution in [0.2, 0.25) is 0 Å². The zero-order valence-electron chi connectivity index (χ0n) is 11.6. The number of nitrogens with two attached hydrogens (primary N) is 1. The number of rotatable bonds is 4. The average Bonchev–Trinajstić information content (AvgIpc) is 2.38. The molecule has 104 valence electrons. The molecule has 1 saturated carbocycles. The molecule has 0 saturated heterocycles. The Balaban J connectivity index is 3.06. The number of nitrogens with zero attached hydrogens (tertiary/aromatic N) is 2. The fourth-order valence-electron chi connectivity index (χ4n) is 2.85. The van der Waals surface area contributed by atoms with Crippen molar-refractivity contribution in [1.29, 1.82) is 0 Å². The Morgan fingerprint density at radius 1 is 1.39 bits per heavy atom. The van der Waals surface area contributed by atoms with Crippen LogP contribution in [0.15, 0.2) is 5.16 Å². The Labute approximate surface area is 109 Å². The Morgan fingerprint density at radius 2 is 1.94 bits per heavy atom. The Kier molecular flexibility index (Phi) is 4.99. The van der Waals surface area contributed by atoms with Crippen molar-refractivity contribution < 1.29 is 10.0 Å². The normalized spacial score (nSPS) is 19.9. The van der Waals surface area contributed by atoms with E-state index in [2.05, 4.69) is 5.16 Å². The van der Waals surface area contributed by atoms with Crippen LogP contribution in [-0.4, -0.2) is 34.4 Å². The molecule has 1 aliphatic rings. The molecule has 1 amide bonds. The summed E-state index contributed by atoms with van der Waals surface area (Å²) in [6.07, 6.45) is 4.40. The minimum absolute atomic E-state index is 0.00926. The van der Waals surface area contributed by atoms with Crippen LogP contribution in [0.3, 0.4) is 0 Å². The summed E-state index contributed by atoms with van der Waals surface area (Å²) < 4.78 is 0. The third-order valence-corrected chi connectivity index (χ3v) is 3.94. The van der Waals surface area contributed by atoms with Crippen molar-refractivity contribution in [1.82, 2.24) is 4.90 Å². The monoisotopic (exact) mass is 255 g/mol. The molecule has 0 bridgehead atoms. The Hall–Kier alpha value is -1.26. The summed E-state index contributed by atoms with van der Waals surface area (Å²) in [5.41, 5.74) is 5.04. The summed E-state index contributed by atoms with van der Waals surface area (Å²) in [4.78, 5) is 14.6. The number of amides is 1. The second-order valence-electron chi connectivity index (χ2n) is 5.31. The maximum absolute atomic E-state index is 12.7. The van der Waals surface area contributed by atoms with E-state index < -0.39 is 5.41 Å². The third kappa shape index (κ3) is 2.60. The van der Waals surface area contributed by atoms with Gasteiger partial charge in [0.25, 0.3) is 0 Å². The van der Waals surface area contributed by atoms with E-state index >= 15 is 0 Å². The molecule has 0 heterocycles. The summed E-state index contributed by atoms with van der Waals surface area (Å²) in [7, 11) is 0. The van der Waals surface area contributed by atoms with E-state index in [1.807, 2.05) is 25.7 Å². The first-order valence-corrected chi connectivity index (χ1v) is 6.78. The lowest BCUT2D eigenvalue weighted by Crippen LogP contribution is -2.54. The number of oxime groups is 1. The van der Waals surface area contributed by atoms with Gasteiger partial charge in [-0.2, -0.15) is 0 Å². The van der Waals surface area contributed by atoms with Crippen molar-refractivity contribution in [2.75, 3.05) is 6.54 Å². The number of carbonyl (C=O) groups is 1. The summed E-state index contributed by atoms with van der Waals surface area (Å²) in [5.74, 6) is 0.0845. The molecule has 5 heteroatoms. The predicted octanol–water partition coefficient (Wildman–Crippen LogP) is 1.94. The van der Waals surface area contributed by atoms with Gasteiger partial charge in [-0.1, -0.05) is 24.4 Å². The molecule has 1 rings (SSSR count). The maximum Gasteiger partial charge on any atom is 0.236 e. The maximum atomic E-state index is 12.7. The topological polar surface area (TPSA) is 78.9 Å². The molecule has 18 heavy (non-hydrogen) atoms. The third-order valence-electron chi connectivity index (χ3n) is 3.94. The summed E-state index contributed by atoms with van der Waals surface area (Å²) >= 11 is 0.